The number of aliphatic hydroxyl groups is 1. The molecule has 0 aliphatic carbocycles. The molecular weight excluding hydrogens is 620 g/mol. The van der Waals surface area contributed by atoms with Crippen molar-refractivity contribution in [3.8, 4) is 0 Å². The fourth-order valence-electron chi connectivity index (χ4n) is 4.12. The van der Waals surface area contributed by atoms with Crippen molar-refractivity contribution in [3.05, 3.63) is 22.1 Å². The topological polar surface area (TPSA) is 230 Å². The Morgan fingerprint density at radius 1 is 1.16 bits per heavy atom. The summed E-state index contributed by atoms with van der Waals surface area (Å²) in [7, 11) is 0. The number of ketones is 1. The predicted octanol–water partition coefficient (Wildman–Crippen LogP) is 3.63. The first kappa shape index (κ1) is 35.4. The maximum absolute atomic E-state index is 13.3. The van der Waals surface area contributed by atoms with Crippen molar-refractivity contribution in [2.45, 2.75) is 97.2 Å². The van der Waals surface area contributed by atoms with Gasteiger partial charge in [0.15, 0.2) is 22.8 Å². The molecule has 2 amide bonds. The van der Waals surface area contributed by atoms with Crippen LogP contribution in [0.2, 0.25) is 5.28 Å². The normalized spacial score (nSPS) is 20.7. The molecule has 3 heterocycles. The van der Waals surface area contributed by atoms with Gasteiger partial charge in [-0.05, 0) is 72.5 Å². The summed E-state index contributed by atoms with van der Waals surface area (Å²) in [5, 5.41) is 14.2. The predicted molar refractivity (Wildman–Crippen MR) is 155 cm³/mol. The molecule has 5 atom stereocenters. The van der Waals surface area contributed by atoms with Crippen LogP contribution in [-0.2, 0) is 33.3 Å². The van der Waals surface area contributed by atoms with Gasteiger partial charge in [0.25, 0.3) is 0 Å². The number of halogens is 1. The van der Waals surface area contributed by atoms with Crippen molar-refractivity contribution in [2.24, 2.45) is 5.11 Å². The lowest BCUT2D eigenvalue weighted by molar-refractivity contribution is -0.164. The Kier molecular flexibility index (Phi) is 10.9. The largest absolute Gasteiger partial charge is 0.464 e. The number of hydrogen-bond donors (Lipinski definition) is 1. The zero-order valence-electron chi connectivity index (χ0n) is 26.0. The van der Waals surface area contributed by atoms with Crippen LogP contribution < -0.4 is 4.90 Å². The molecule has 3 rings (SSSR count). The molecule has 0 bridgehead atoms. The van der Waals surface area contributed by atoms with Crippen LogP contribution in [0.25, 0.3) is 21.6 Å². The van der Waals surface area contributed by atoms with E-state index in [1.54, 1.807) is 48.5 Å². The lowest BCUT2D eigenvalue weighted by atomic mass is 10.1. The second-order valence-electron chi connectivity index (χ2n) is 11.8. The Morgan fingerprint density at radius 3 is 2.27 bits per heavy atom. The van der Waals surface area contributed by atoms with E-state index in [4.69, 9.17) is 35.3 Å². The Labute approximate surface area is 262 Å². The molecular formula is C26H35ClN8O10. The van der Waals surface area contributed by atoms with Crippen molar-refractivity contribution in [1.29, 1.82) is 0 Å². The van der Waals surface area contributed by atoms with E-state index >= 15 is 0 Å². The average molecular weight is 655 g/mol. The van der Waals surface area contributed by atoms with Gasteiger partial charge < -0.3 is 28.8 Å². The number of azide groups is 1. The number of imidazole rings is 1. The van der Waals surface area contributed by atoms with Gasteiger partial charge in [-0.1, -0.05) is 5.11 Å². The van der Waals surface area contributed by atoms with E-state index < -0.39 is 77.6 Å². The highest BCUT2D eigenvalue weighted by Crippen LogP contribution is 2.36. The molecule has 0 aromatic carbocycles. The van der Waals surface area contributed by atoms with Gasteiger partial charge in [-0.3, -0.25) is 9.36 Å². The summed E-state index contributed by atoms with van der Waals surface area (Å²) in [5.74, 6) is -1.94. The summed E-state index contributed by atoms with van der Waals surface area (Å²) in [6, 6.07) is -1.30. The lowest BCUT2D eigenvalue weighted by Crippen LogP contribution is -2.44. The Hall–Kier alpha value is -4.09. The molecule has 1 fully saturated rings. The number of aliphatic hydroxyl groups excluding tert-OH is 1. The first-order chi connectivity index (χ1) is 20.9. The highest BCUT2D eigenvalue weighted by molar-refractivity contribution is 6.29. The van der Waals surface area contributed by atoms with Gasteiger partial charge in [0.2, 0.25) is 11.4 Å². The zero-order chi connectivity index (χ0) is 33.9. The van der Waals surface area contributed by atoms with Gasteiger partial charge in [0, 0.05) is 4.91 Å². The van der Waals surface area contributed by atoms with Crippen molar-refractivity contribution in [1.82, 2.24) is 19.5 Å². The van der Waals surface area contributed by atoms with E-state index in [0.29, 0.717) is 4.90 Å². The fraction of sp³-hybridized carbons (Fsp3) is 0.654. The van der Waals surface area contributed by atoms with Crippen molar-refractivity contribution in [3.63, 3.8) is 0 Å². The van der Waals surface area contributed by atoms with Crippen LogP contribution in [0.15, 0.2) is 11.4 Å². The number of esters is 1. The van der Waals surface area contributed by atoms with Gasteiger partial charge in [0.05, 0.1) is 25.6 Å². The molecule has 1 N–H and O–H groups in total. The van der Waals surface area contributed by atoms with Crippen molar-refractivity contribution in [2.75, 3.05) is 18.1 Å². The maximum Gasteiger partial charge on any atom is 0.425 e. The van der Waals surface area contributed by atoms with Crippen molar-refractivity contribution < 1.29 is 48.0 Å². The minimum absolute atomic E-state index is 0.00888. The number of ether oxygens (including phenoxy) is 5. The molecule has 1 aliphatic rings. The molecule has 1 saturated heterocycles. The maximum atomic E-state index is 13.3. The number of carbonyl (C=O) groups excluding carboxylic acids is 4. The Balaban J connectivity index is 2.06. The van der Waals surface area contributed by atoms with Gasteiger partial charge in [-0.2, -0.15) is 14.9 Å². The molecule has 18 nitrogen and oxygen atoms in total. The van der Waals surface area contributed by atoms with Gasteiger partial charge >= 0.3 is 18.2 Å². The van der Waals surface area contributed by atoms with Crippen LogP contribution in [0, 0.1) is 0 Å². The van der Waals surface area contributed by atoms with Crippen LogP contribution in [0.5, 0.6) is 0 Å². The molecule has 1 unspecified atom stereocenters. The van der Waals surface area contributed by atoms with E-state index in [0.717, 1.165) is 6.92 Å². The summed E-state index contributed by atoms with van der Waals surface area (Å²) < 4.78 is 28.3. The van der Waals surface area contributed by atoms with Crippen LogP contribution in [0.3, 0.4) is 0 Å². The Morgan fingerprint density at radius 2 is 1.76 bits per heavy atom. The molecule has 246 valence electrons. The van der Waals surface area contributed by atoms with Gasteiger partial charge in [-0.25, -0.2) is 19.4 Å². The number of imide groups is 1. The Bertz CT molecular complexity index is 1470. The smallest absolute Gasteiger partial charge is 0.425 e. The van der Waals surface area contributed by atoms with Gasteiger partial charge in [0.1, 0.15) is 29.6 Å². The quantitative estimate of drug-likeness (QED) is 0.0775. The summed E-state index contributed by atoms with van der Waals surface area (Å²) in [4.78, 5) is 66.5. The zero-order valence-corrected chi connectivity index (χ0v) is 26.7. The standard InChI is InChI=1S/C26H35ClN8O10/c1-9-41-21(38)17(12(2)36)42-10-13-16(37)14(32-33-28)20(43-13)34-11-29-15-18(34)30-22(27)31-19(15)35(23(39)44-25(3,4)5)24(40)45-26(6,7)8/h11,13-14,16-17,20,37H,9-10H2,1-8H3/t13-,14-,16-,17?,20-/m1/s1. The molecule has 45 heavy (non-hydrogen) atoms. The third-order valence-electron chi connectivity index (χ3n) is 5.83. The lowest BCUT2D eigenvalue weighted by Gasteiger charge is -2.28. The molecule has 2 aromatic heterocycles. The number of aromatic nitrogens is 4. The van der Waals surface area contributed by atoms with Gasteiger partial charge in [-0.15, -0.1) is 0 Å². The first-order valence-electron chi connectivity index (χ1n) is 13.7. The fourth-order valence-corrected chi connectivity index (χ4v) is 4.28. The SMILES string of the molecule is CCOC(=O)C(OC[C@H]1O[C@@H](n2cnc3c(N(C(=O)OC(C)(C)C)C(=O)OC(C)(C)C)nc(Cl)nc32)[C@H](N=[N+]=[N-])[C@@H]1O)C(C)=O. The molecule has 19 heteroatoms. The first-order valence-corrected chi connectivity index (χ1v) is 14.1. The summed E-state index contributed by atoms with van der Waals surface area (Å²) >= 11 is 6.24. The second kappa shape index (κ2) is 13.9. The second-order valence-corrected chi connectivity index (χ2v) is 12.1. The molecule has 1 aliphatic heterocycles. The number of carbonyl (C=O) groups is 4. The number of anilines is 1. The van der Waals surface area contributed by atoms with E-state index in [9.17, 15) is 29.8 Å². The number of amides is 2. The monoisotopic (exact) mass is 654 g/mol. The highest BCUT2D eigenvalue weighted by Gasteiger charge is 2.46. The summed E-state index contributed by atoms with van der Waals surface area (Å²) in [5.41, 5.74) is 6.96. The van der Waals surface area contributed by atoms with E-state index in [-0.39, 0.29) is 23.6 Å². The molecule has 0 radical (unpaired) electrons. The number of rotatable bonds is 9. The molecule has 2 aromatic rings. The third-order valence-corrected chi connectivity index (χ3v) is 6.00. The number of Topliss-reactive ketones (excluding diaryl/α,β-unsaturated/α-hetero) is 1. The van der Waals surface area contributed by atoms with Crippen LogP contribution in [-0.4, -0.2) is 97.3 Å². The molecule has 0 spiro atoms. The van der Waals surface area contributed by atoms with Crippen LogP contribution >= 0.6 is 11.6 Å². The summed E-state index contributed by atoms with van der Waals surface area (Å²) in [6.07, 6.45) is -6.66. The average Bonchev–Trinajstić information content (AvgIpc) is 3.43. The van der Waals surface area contributed by atoms with Crippen molar-refractivity contribution >= 4 is 52.5 Å². The number of nitrogens with zero attached hydrogens (tertiary/aromatic N) is 8. The van der Waals surface area contributed by atoms with E-state index in [1.165, 1.54) is 10.9 Å². The summed E-state index contributed by atoms with van der Waals surface area (Å²) in [6.45, 7) is 11.8. The third kappa shape index (κ3) is 8.55. The minimum Gasteiger partial charge on any atom is -0.464 e. The van der Waals surface area contributed by atoms with E-state index in [1.807, 2.05) is 0 Å². The van der Waals surface area contributed by atoms with Crippen LogP contribution in [0.1, 0.15) is 61.6 Å². The van der Waals surface area contributed by atoms with E-state index in [2.05, 4.69) is 25.0 Å². The highest BCUT2D eigenvalue weighted by atomic mass is 35.5. The number of fused-ring (bicyclic) bond motifs is 1. The molecule has 0 saturated carbocycles. The van der Waals surface area contributed by atoms with Crippen LogP contribution in [0.4, 0.5) is 15.4 Å². The minimum atomic E-state index is -1.58. The number of hydrogen-bond acceptors (Lipinski definition) is 14.